The largest absolute Gasteiger partial charge is 0.465 e. The number of hydrogen-bond acceptors (Lipinski definition) is 5. The number of methoxy groups -OCH3 is 1. The zero-order chi connectivity index (χ0) is 24.9. The fraction of sp³-hybridized carbons (Fsp3) is 0.222. The number of carbonyl (C=O) groups excluding carboxylic acids is 1. The third kappa shape index (κ3) is 3.91. The molecule has 0 saturated carbocycles. The van der Waals surface area contributed by atoms with Gasteiger partial charge in [0.1, 0.15) is 28.3 Å². The first-order valence-electron chi connectivity index (χ1n) is 11.2. The van der Waals surface area contributed by atoms with E-state index in [1.807, 2.05) is 31.2 Å². The molecule has 0 spiro atoms. The van der Waals surface area contributed by atoms with Crippen molar-refractivity contribution < 1.29 is 18.3 Å². The Morgan fingerprint density at radius 1 is 1.17 bits per heavy atom. The minimum Gasteiger partial charge on any atom is -0.465 e. The van der Waals surface area contributed by atoms with Gasteiger partial charge >= 0.3 is 5.97 Å². The van der Waals surface area contributed by atoms with E-state index in [2.05, 4.69) is 34.3 Å². The van der Waals surface area contributed by atoms with Gasteiger partial charge in [-0.15, -0.1) is 0 Å². The first-order chi connectivity index (χ1) is 16.8. The van der Waals surface area contributed by atoms with E-state index < -0.39 is 11.8 Å². The number of aryl methyl sites for hydroxylation is 3. The van der Waals surface area contributed by atoms with Gasteiger partial charge < -0.3 is 13.7 Å². The van der Waals surface area contributed by atoms with E-state index in [1.54, 1.807) is 6.07 Å². The number of esters is 1. The van der Waals surface area contributed by atoms with Gasteiger partial charge in [0, 0.05) is 23.1 Å². The van der Waals surface area contributed by atoms with E-state index in [1.165, 1.54) is 19.2 Å². The molecule has 8 heteroatoms. The van der Waals surface area contributed by atoms with E-state index in [0.29, 0.717) is 27.9 Å². The molecule has 5 aromatic rings. The summed E-state index contributed by atoms with van der Waals surface area (Å²) < 4.78 is 28.2. The molecule has 35 heavy (non-hydrogen) atoms. The number of aromatic nitrogens is 3. The van der Waals surface area contributed by atoms with Gasteiger partial charge in [-0.2, -0.15) is 0 Å². The molecule has 0 aliphatic rings. The first-order valence-corrected chi connectivity index (χ1v) is 12.0. The number of rotatable bonds is 5. The molecule has 0 saturated heterocycles. The normalized spacial score (nSPS) is 11.5. The maximum atomic E-state index is 14.5. The summed E-state index contributed by atoms with van der Waals surface area (Å²) in [5.41, 5.74) is 5.66. The van der Waals surface area contributed by atoms with Gasteiger partial charge in [0.25, 0.3) is 0 Å². The summed E-state index contributed by atoms with van der Waals surface area (Å²) >= 11 is 3.62. The third-order valence-electron chi connectivity index (χ3n) is 6.10. The molecule has 0 fully saturated rings. The van der Waals surface area contributed by atoms with Crippen LogP contribution in [0, 0.1) is 19.7 Å². The van der Waals surface area contributed by atoms with Gasteiger partial charge in [-0.25, -0.2) is 19.2 Å². The van der Waals surface area contributed by atoms with Gasteiger partial charge in [-0.05, 0) is 65.2 Å². The second-order valence-electron chi connectivity index (χ2n) is 8.45. The molecule has 0 N–H and O–H groups in total. The smallest absolute Gasteiger partial charge is 0.341 e. The van der Waals surface area contributed by atoms with E-state index in [0.717, 1.165) is 45.6 Å². The maximum Gasteiger partial charge on any atom is 0.341 e. The van der Waals surface area contributed by atoms with Gasteiger partial charge in [0.05, 0.1) is 18.1 Å². The molecule has 2 aromatic carbocycles. The Morgan fingerprint density at radius 3 is 2.71 bits per heavy atom. The standard InChI is InChI=1S/C27H23BrFN3O3/c1-5-21-31-24-14(2)11-15(3)30-26(24)32(21)13-16-9-10-20-18(12-16)23(28)25(35-20)17-7-6-8-19(29)22(17)27(33)34-4/h6-12H,5,13H2,1-4H3. The number of fused-ring (bicyclic) bond motifs is 2. The minimum absolute atomic E-state index is 0.163. The van der Waals surface area contributed by atoms with Crippen molar-refractivity contribution in [2.45, 2.75) is 33.7 Å². The number of ether oxygens (including phenoxy) is 1. The lowest BCUT2D eigenvalue weighted by molar-refractivity contribution is 0.0596. The Hall–Kier alpha value is -3.52. The number of pyridine rings is 1. The Balaban J connectivity index is 1.62. The Morgan fingerprint density at radius 2 is 1.97 bits per heavy atom. The third-order valence-corrected chi connectivity index (χ3v) is 6.88. The van der Waals surface area contributed by atoms with Crippen LogP contribution in [-0.4, -0.2) is 27.6 Å². The van der Waals surface area contributed by atoms with Crippen molar-refractivity contribution in [3.8, 4) is 11.3 Å². The van der Waals surface area contributed by atoms with Crippen molar-refractivity contribution >= 4 is 44.0 Å². The molecule has 0 bridgehead atoms. The highest BCUT2D eigenvalue weighted by atomic mass is 79.9. The van der Waals surface area contributed by atoms with E-state index >= 15 is 0 Å². The minimum atomic E-state index is -0.761. The number of furan rings is 1. The van der Waals surface area contributed by atoms with Crippen LogP contribution in [0.1, 0.15) is 39.9 Å². The summed E-state index contributed by atoms with van der Waals surface area (Å²) in [4.78, 5) is 21.9. The summed E-state index contributed by atoms with van der Waals surface area (Å²) in [6.45, 7) is 6.71. The van der Waals surface area contributed by atoms with Crippen LogP contribution in [0.3, 0.4) is 0 Å². The quantitative estimate of drug-likeness (QED) is 0.232. The molecule has 0 aliphatic heterocycles. The van der Waals surface area contributed by atoms with Crippen LogP contribution >= 0.6 is 15.9 Å². The molecule has 0 aliphatic carbocycles. The lowest BCUT2D eigenvalue weighted by atomic mass is 10.0. The van der Waals surface area contributed by atoms with Crippen LogP contribution in [0.4, 0.5) is 4.39 Å². The number of carbonyl (C=O) groups is 1. The van der Waals surface area contributed by atoms with Crippen molar-refractivity contribution in [1.29, 1.82) is 0 Å². The monoisotopic (exact) mass is 535 g/mol. The number of benzene rings is 2. The molecule has 3 aromatic heterocycles. The zero-order valence-corrected chi connectivity index (χ0v) is 21.4. The summed E-state index contributed by atoms with van der Waals surface area (Å²) in [5.74, 6) is -0.0918. The average molecular weight is 536 g/mol. The van der Waals surface area contributed by atoms with Gasteiger partial charge in [0.2, 0.25) is 0 Å². The zero-order valence-electron chi connectivity index (χ0n) is 19.8. The highest BCUT2D eigenvalue weighted by molar-refractivity contribution is 9.10. The number of imidazole rings is 1. The predicted octanol–water partition coefficient (Wildman–Crippen LogP) is 6.76. The van der Waals surface area contributed by atoms with E-state index in [9.17, 15) is 9.18 Å². The molecule has 3 heterocycles. The molecule has 0 atom stereocenters. The number of nitrogens with zero attached hydrogens (tertiary/aromatic N) is 3. The molecule has 0 amide bonds. The van der Waals surface area contributed by atoms with Gasteiger partial charge in [-0.1, -0.05) is 25.1 Å². The van der Waals surface area contributed by atoms with Crippen LogP contribution in [0.15, 0.2) is 51.4 Å². The predicted molar refractivity (Wildman–Crippen MR) is 136 cm³/mol. The molecule has 6 nitrogen and oxygen atoms in total. The van der Waals surface area contributed by atoms with Gasteiger partial charge in [-0.3, -0.25) is 0 Å². The SMILES string of the molecule is CCc1nc2c(C)cc(C)nc2n1Cc1ccc2oc(-c3cccc(F)c3C(=O)OC)c(Br)c2c1. The second kappa shape index (κ2) is 8.92. The molecule has 0 unspecified atom stereocenters. The molecular weight excluding hydrogens is 513 g/mol. The van der Waals surface area contributed by atoms with Crippen molar-refractivity contribution in [3.05, 3.63) is 81.0 Å². The van der Waals surface area contributed by atoms with Crippen LogP contribution in [-0.2, 0) is 17.7 Å². The van der Waals surface area contributed by atoms with Crippen LogP contribution < -0.4 is 0 Å². The topological polar surface area (TPSA) is 70.2 Å². The molecule has 178 valence electrons. The lowest BCUT2D eigenvalue weighted by Crippen LogP contribution is -2.06. The highest BCUT2D eigenvalue weighted by Crippen LogP contribution is 2.40. The Bertz CT molecular complexity index is 1620. The number of halogens is 2. The first kappa shape index (κ1) is 23.2. The lowest BCUT2D eigenvalue weighted by Gasteiger charge is -2.09. The summed E-state index contributed by atoms with van der Waals surface area (Å²) in [6.07, 6.45) is 0.784. The van der Waals surface area contributed by atoms with Crippen molar-refractivity contribution in [2.24, 2.45) is 0 Å². The summed E-state index contributed by atoms with van der Waals surface area (Å²) in [7, 11) is 1.22. The van der Waals surface area contributed by atoms with E-state index in [-0.39, 0.29) is 5.56 Å². The second-order valence-corrected chi connectivity index (χ2v) is 9.24. The molecular formula is C27H23BrFN3O3. The van der Waals surface area contributed by atoms with Crippen LogP contribution in [0.5, 0.6) is 0 Å². The van der Waals surface area contributed by atoms with Crippen molar-refractivity contribution in [3.63, 3.8) is 0 Å². The number of hydrogen-bond donors (Lipinski definition) is 0. The Kier molecular flexibility index (Phi) is 5.92. The summed E-state index contributed by atoms with van der Waals surface area (Å²) in [5, 5.41) is 0.820. The van der Waals surface area contributed by atoms with Crippen molar-refractivity contribution in [2.75, 3.05) is 7.11 Å². The fourth-order valence-corrected chi connectivity index (χ4v) is 5.08. The summed E-state index contributed by atoms with van der Waals surface area (Å²) in [6, 6.07) is 12.3. The highest BCUT2D eigenvalue weighted by Gasteiger charge is 2.24. The Labute approximate surface area is 209 Å². The molecule has 0 radical (unpaired) electrons. The average Bonchev–Trinajstić information content (AvgIpc) is 3.36. The fourth-order valence-electron chi connectivity index (χ4n) is 4.48. The van der Waals surface area contributed by atoms with E-state index in [4.69, 9.17) is 19.1 Å². The van der Waals surface area contributed by atoms with Gasteiger partial charge in [0.15, 0.2) is 11.4 Å². The maximum absolute atomic E-state index is 14.5. The van der Waals surface area contributed by atoms with Crippen LogP contribution in [0.25, 0.3) is 33.5 Å². The van der Waals surface area contributed by atoms with Crippen LogP contribution in [0.2, 0.25) is 0 Å². The van der Waals surface area contributed by atoms with Crippen molar-refractivity contribution in [1.82, 2.24) is 14.5 Å². The molecule has 5 rings (SSSR count).